The van der Waals surface area contributed by atoms with Crippen molar-refractivity contribution in [3.63, 3.8) is 0 Å². The molecule has 7 heteroatoms. The maximum atomic E-state index is 12.9. The number of nitriles is 1. The van der Waals surface area contributed by atoms with E-state index in [1.54, 1.807) is 37.3 Å². The van der Waals surface area contributed by atoms with E-state index < -0.39 is 11.5 Å². The molecule has 0 aliphatic heterocycles. The number of hydrogen-bond donors (Lipinski definition) is 1. The van der Waals surface area contributed by atoms with E-state index in [1.165, 1.54) is 6.08 Å². The minimum Gasteiger partial charge on any atom is -0.476 e. The molecule has 0 spiro atoms. The summed E-state index contributed by atoms with van der Waals surface area (Å²) in [7, 11) is 0. The van der Waals surface area contributed by atoms with E-state index in [1.807, 2.05) is 30.3 Å². The summed E-state index contributed by atoms with van der Waals surface area (Å²) in [6, 6.07) is 16.1. The number of aromatic carboxylic acids is 1. The molecule has 0 bridgehead atoms. The Morgan fingerprint density at radius 2 is 1.96 bits per heavy atom. The molecular formula is C21H14BrN3O3. The molecule has 0 fully saturated rings. The number of nitrogens with zero attached hydrogens (tertiary/aromatic N) is 3. The van der Waals surface area contributed by atoms with Gasteiger partial charge in [-0.1, -0.05) is 58.4 Å². The lowest BCUT2D eigenvalue weighted by molar-refractivity contribution is 0.0688. The number of para-hydroxylation sites is 1. The van der Waals surface area contributed by atoms with E-state index in [0.29, 0.717) is 5.69 Å². The highest BCUT2D eigenvalue weighted by atomic mass is 79.9. The van der Waals surface area contributed by atoms with Gasteiger partial charge in [-0.2, -0.15) is 15.0 Å². The number of carboxylic acids is 1. The fraction of sp³-hybridized carbons (Fsp3) is 0.0476. The van der Waals surface area contributed by atoms with Gasteiger partial charge in [0, 0.05) is 10.0 Å². The van der Waals surface area contributed by atoms with E-state index in [-0.39, 0.29) is 16.8 Å². The summed E-state index contributed by atoms with van der Waals surface area (Å²) < 4.78 is 1.81. The molecule has 0 atom stereocenters. The minimum absolute atomic E-state index is 0.0233. The molecule has 3 rings (SSSR count). The van der Waals surface area contributed by atoms with Gasteiger partial charge < -0.3 is 5.11 Å². The Bertz CT molecular complexity index is 1210. The Morgan fingerprint density at radius 3 is 2.61 bits per heavy atom. The van der Waals surface area contributed by atoms with Crippen molar-refractivity contribution in [2.45, 2.75) is 6.92 Å². The average Bonchev–Trinajstić information content (AvgIpc) is 2.67. The van der Waals surface area contributed by atoms with Gasteiger partial charge in [0.1, 0.15) is 11.6 Å². The number of halogens is 1. The second-order valence-corrected chi connectivity index (χ2v) is 6.86. The second kappa shape index (κ2) is 8.03. The molecule has 0 saturated carbocycles. The first-order chi connectivity index (χ1) is 13.4. The third-order valence-corrected chi connectivity index (χ3v) is 4.57. The molecule has 1 N–H and O–H groups in total. The first kappa shape index (κ1) is 19.3. The fourth-order valence-corrected chi connectivity index (χ4v) is 3.14. The van der Waals surface area contributed by atoms with Gasteiger partial charge in [0.15, 0.2) is 5.69 Å². The lowest BCUT2D eigenvalue weighted by atomic mass is 10.1. The van der Waals surface area contributed by atoms with Crippen molar-refractivity contribution in [2.24, 2.45) is 0 Å². The van der Waals surface area contributed by atoms with Crippen LogP contribution in [-0.2, 0) is 0 Å². The van der Waals surface area contributed by atoms with Gasteiger partial charge in [0.25, 0.3) is 5.56 Å². The van der Waals surface area contributed by atoms with E-state index in [4.69, 9.17) is 0 Å². The van der Waals surface area contributed by atoms with Crippen LogP contribution in [0.1, 0.15) is 32.7 Å². The number of hydrogen-bond acceptors (Lipinski definition) is 4. The first-order valence-electron chi connectivity index (χ1n) is 8.22. The number of aryl methyl sites for hydroxylation is 1. The Morgan fingerprint density at radius 1 is 1.21 bits per heavy atom. The van der Waals surface area contributed by atoms with E-state index >= 15 is 0 Å². The molecular weight excluding hydrogens is 422 g/mol. The molecule has 0 aliphatic carbocycles. The highest BCUT2D eigenvalue weighted by molar-refractivity contribution is 9.10. The highest BCUT2D eigenvalue weighted by Crippen LogP contribution is 2.18. The molecule has 2 aromatic carbocycles. The standard InChI is InChI=1S/C21H14BrN3O3/c1-13-5-2-3-8-18(13)25-20(26)17(12-23)16(19(24-25)21(27)28)10-9-14-6-4-7-15(22)11-14/h2-11H,1H3,(H,27,28)/b10-9-. The molecule has 6 nitrogen and oxygen atoms in total. The zero-order valence-corrected chi connectivity index (χ0v) is 16.3. The van der Waals surface area contributed by atoms with Crippen LogP contribution in [0.3, 0.4) is 0 Å². The largest absolute Gasteiger partial charge is 0.476 e. The molecule has 0 unspecified atom stereocenters. The van der Waals surface area contributed by atoms with E-state index in [2.05, 4.69) is 21.0 Å². The van der Waals surface area contributed by atoms with Crippen LogP contribution < -0.4 is 5.56 Å². The van der Waals surface area contributed by atoms with Crippen LogP contribution in [0.4, 0.5) is 0 Å². The van der Waals surface area contributed by atoms with Crippen molar-refractivity contribution < 1.29 is 9.90 Å². The molecule has 1 heterocycles. The third-order valence-electron chi connectivity index (χ3n) is 4.08. The molecule has 138 valence electrons. The molecule has 3 aromatic rings. The van der Waals surface area contributed by atoms with Gasteiger partial charge in [-0.3, -0.25) is 4.79 Å². The maximum absolute atomic E-state index is 12.9. The van der Waals surface area contributed by atoms with Crippen LogP contribution in [0.15, 0.2) is 57.8 Å². The zero-order valence-electron chi connectivity index (χ0n) is 14.8. The number of rotatable bonds is 4. The zero-order chi connectivity index (χ0) is 20.3. The summed E-state index contributed by atoms with van der Waals surface area (Å²) in [6.07, 6.45) is 3.06. The SMILES string of the molecule is Cc1ccccc1-n1nc(C(=O)O)c(/C=C\c2cccc(Br)c2)c(C#N)c1=O. The summed E-state index contributed by atoms with van der Waals surface area (Å²) >= 11 is 3.36. The molecule has 0 aliphatic rings. The summed E-state index contributed by atoms with van der Waals surface area (Å²) in [4.78, 5) is 24.7. The second-order valence-electron chi connectivity index (χ2n) is 5.95. The van der Waals surface area contributed by atoms with Crippen molar-refractivity contribution in [3.8, 4) is 11.8 Å². The van der Waals surface area contributed by atoms with Crippen LogP contribution in [0.5, 0.6) is 0 Å². The lowest BCUT2D eigenvalue weighted by Gasteiger charge is -2.11. The average molecular weight is 436 g/mol. The summed E-state index contributed by atoms with van der Waals surface area (Å²) in [5.41, 5.74) is 0.592. The predicted octanol–water partition coefficient (Wildman–Crippen LogP) is 4.04. The highest BCUT2D eigenvalue weighted by Gasteiger charge is 2.21. The van der Waals surface area contributed by atoms with Crippen molar-refractivity contribution >= 4 is 34.1 Å². The van der Waals surface area contributed by atoms with Crippen LogP contribution >= 0.6 is 15.9 Å². The molecule has 0 saturated heterocycles. The van der Waals surface area contributed by atoms with Crippen molar-refractivity contribution in [1.29, 1.82) is 5.26 Å². The van der Waals surface area contributed by atoms with Gasteiger partial charge in [-0.25, -0.2) is 4.79 Å². The maximum Gasteiger partial charge on any atom is 0.357 e. The minimum atomic E-state index is -1.33. The van der Waals surface area contributed by atoms with Crippen LogP contribution in [0.2, 0.25) is 0 Å². The number of benzene rings is 2. The third kappa shape index (κ3) is 3.77. The summed E-state index contributed by atoms with van der Waals surface area (Å²) in [5.74, 6) is -1.33. The van der Waals surface area contributed by atoms with Crippen LogP contribution in [0.25, 0.3) is 17.8 Å². The summed E-state index contributed by atoms with van der Waals surface area (Å²) in [6.45, 7) is 1.77. The van der Waals surface area contributed by atoms with Crippen molar-refractivity contribution in [2.75, 3.05) is 0 Å². The number of aromatic nitrogens is 2. The van der Waals surface area contributed by atoms with Gasteiger partial charge in [0.05, 0.1) is 5.69 Å². The van der Waals surface area contributed by atoms with Crippen LogP contribution in [-0.4, -0.2) is 20.9 Å². The van der Waals surface area contributed by atoms with Crippen LogP contribution in [0, 0.1) is 18.3 Å². The van der Waals surface area contributed by atoms with Gasteiger partial charge in [-0.05, 0) is 36.2 Å². The predicted molar refractivity (Wildman–Crippen MR) is 109 cm³/mol. The lowest BCUT2D eigenvalue weighted by Crippen LogP contribution is -2.28. The number of carbonyl (C=O) groups is 1. The first-order valence-corrected chi connectivity index (χ1v) is 9.02. The van der Waals surface area contributed by atoms with E-state index in [9.17, 15) is 20.0 Å². The Balaban J connectivity index is 2.25. The molecule has 28 heavy (non-hydrogen) atoms. The summed E-state index contributed by atoms with van der Waals surface area (Å²) in [5, 5.41) is 23.2. The van der Waals surface area contributed by atoms with Crippen molar-refractivity contribution in [3.05, 3.63) is 91.3 Å². The monoisotopic (exact) mass is 435 g/mol. The molecule has 0 amide bonds. The fourth-order valence-electron chi connectivity index (χ4n) is 2.72. The topological polar surface area (TPSA) is 96.0 Å². The number of carboxylic acid groups (broad SMARTS) is 1. The Hall–Kier alpha value is -3.50. The molecule has 1 aromatic heterocycles. The van der Waals surface area contributed by atoms with Crippen molar-refractivity contribution in [1.82, 2.24) is 9.78 Å². The van der Waals surface area contributed by atoms with Gasteiger partial charge in [-0.15, -0.1) is 0 Å². The smallest absolute Gasteiger partial charge is 0.357 e. The Kier molecular flexibility index (Phi) is 5.52. The van der Waals surface area contributed by atoms with E-state index in [0.717, 1.165) is 20.3 Å². The molecule has 0 radical (unpaired) electrons. The normalized spacial score (nSPS) is 10.8. The van der Waals surface area contributed by atoms with Gasteiger partial charge >= 0.3 is 5.97 Å². The quantitative estimate of drug-likeness (QED) is 0.666. The van der Waals surface area contributed by atoms with Gasteiger partial charge in [0.2, 0.25) is 0 Å². The Labute approximate surface area is 169 Å².